The lowest BCUT2D eigenvalue weighted by atomic mass is 10.1. The van der Waals surface area contributed by atoms with Crippen molar-refractivity contribution < 1.29 is 14.7 Å². The fourth-order valence-corrected chi connectivity index (χ4v) is 2.13. The van der Waals surface area contributed by atoms with E-state index < -0.39 is 5.97 Å². The van der Waals surface area contributed by atoms with Gasteiger partial charge in [0.2, 0.25) is 0 Å². The van der Waals surface area contributed by atoms with Crippen LogP contribution >= 0.6 is 11.6 Å². The topological polar surface area (TPSA) is 57.6 Å². The number of halogens is 1. The zero-order valence-electron chi connectivity index (χ0n) is 11.3. The number of carbonyl (C=O) groups excluding carboxylic acids is 1. The molecule has 19 heavy (non-hydrogen) atoms. The van der Waals surface area contributed by atoms with E-state index in [1.54, 1.807) is 23.1 Å². The van der Waals surface area contributed by atoms with E-state index in [1.165, 1.54) is 0 Å². The Kier molecular flexibility index (Phi) is 5.36. The first-order valence-electron chi connectivity index (χ1n) is 6.11. The highest BCUT2D eigenvalue weighted by atomic mass is 35.5. The van der Waals surface area contributed by atoms with Crippen molar-refractivity contribution in [3.05, 3.63) is 34.3 Å². The molecule has 1 amide bonds. The molecule has 0 aliphatic heterocycles. The Balaban J connectivity index is 2.95. The molecule has 0 aromatic heterocycles. The lowest BCUT2D eigenvalue weighted by molar-refractivity contribution is -0.137. The van der Waals surface area contributed by atoms with Crippen LogP contribution in [0, 0.1) is 6.92 Å². The normalized spacial score (nSPS) is 10.6. The van der Waals surface area contributed by atoms with Gasteiger partial charge in [0.05, 0.1) is 6.42 Å². The SMILES string of the molecule is Cc1cc(Cl)cc(C(=O)N(CCC(=O)O)C(C)C)c1. The van der Waals surface area contributed by atoms with Gasteiger partial charge in [0.25, 0.3) is 5.91 Å². The van der Waals surface area contributed by atoms with Crippen molar-refractivity contribution >= 4 is 23.5 Å². The first-order valence-corrected chi connectivity index (χ1v) is 6.49. The molecule has 104 valence electrons. The number of aliphatic carboxylic acids is 1. The molecule has 1 aromatic carbocycles. The number of rotatable bonds is 5. The second-order valence-electron chi connectivity index (χ2n) is 4.75. The number of aryl methyl sites for hydroxylation is 1. The van der Waals surface area contributed by atoms with E-state index in [9.17, 15) is 9.59 Å². The third kappa shape index (κ3) is 4.56. The van der Waals surface area contributed by atoms with Crippen molar-refractivity contribution in [3.8, 4) is 0 Å². The third-order valence-electron chi connectivity index (χ3n) is 2.74. The Morgan fingerprint density at radius 1 is 1.32 bits per heavy atom. The molecule has 1 rings (SSSR count). The van der Waals surface area contributed by atoms with Gasteiger partial charge in [-0.2, -0.15) is 0 Å². The van der Waals surface area contributed by atoms with Gasteiger partial charge in [-0.05, 0) is 44.5 Å². The molecule has 0 saturated heterocycles. The van der Waals surface area contributed by atoms with Crippen molar-refractivity contribution in [2.75, 3.05) is 6.54 Å². The molecular formula is C14H18ClNO3. The van der Waals surface area contributed by atoms with Crippen LogP contribution in [-0.4, -0.2) is 34.5 Å². The summed E-state index contributed by atoms with van der Waals surface area (Å²) in [5.41, 5.74) is 1.39. The number of hydrogen-bond acceptors (Lipinski definition) is 2. The fraction of sp³-hybridized carbons (Fsp3) is 0.429. The van der Waals surface area contributed by atoms with E-state index in [-0.39, 0.29) is 24.9 Å². The molecule has 0 unspecified atom stereocenters. The fourth-order valence-electron chi connectivity index (χ4n) is 1.84. The van der Waals surface area contributed by atoms with Crippen molar-refractivity contribution in [2.45, 2.75) is 33.2 Å². The van der Waals surface area contributed by atoms with Crippen LogP contribution in [0.3, 0.4) is 0 Å². The van der Waals surface area contributed by atoms with E-state index >= 15 is 0 Å². The highest BCUT2D eigenvalue weighted by Crippen LogP contribution is 2.17. The van der Waals surface area contributed by atoms with E-state index in [4.69, 9.17) is 16.7 Å². The summed E-state index contributed by atoms with van der Waals surface area (Å²) in [6.07, 6.45) is -0.0660. The average Bonchev–Trinajstić information content (AvgIpc) is 2.26. The van der Waals surface area contributed by atoms with Crippen LogP contribution in [0.25, 0.3) is 0 Å². The summed E-state index contributed by atoms with van der Waals surface area (Å²) in [6.45, 7) is 5.77. The van der Waals surface area contributed by atoms with Crippen LogP contribution < -0.4 is 0 Å². The van der Waals surface area contributed by atoms with Gasteiger partial charge in [-0.1, -0.05) is 11.6 Å². The second-order valence-corrected chi connectivity index (χ2v) is 5.19. The predicted octanol–water partition coefficient (Wildman–Crippen LogP) is 2.97. The molecular weight excluding hydrogens is 266 g/mol. The van der Waals surface area contributed by atoms with E-state index in [1.807, 2.05) is 20.8 Å². The van der Waals surface area contributed by atoms with E-state index in [0.29, 0.717) is 10.6 Å². The van der Waals surface area contributed by atoms with Gasteiger partial charge in [0.1, 0.15) is 0 Å². The zero-order valence-corrected chi connectivity index (χ0v) is 12.1. The number of amides is 1. The Morgan fingerprint density at radius 2 is 1.95 bits per heavy atom. The summed E-state index contributed by atoms with van der Waals surface area (Å²) < 4.78 is 0. The van der Waals surface area contributed by atoms with Gasteiger partial charge in [-0.15, -0.1) is 0 Å². The van der Waals surface area contributed by atoms with Gasteiger partial charge in [0, 0.05) is 23.2 Å². The average molecular weight is 284 g/mol. The van der Waals surface area contributed by atoms with Gasteiger partial charge >= 0.3 is 5.97 Å². The molecule has 4 nitrogen and oxygen atoms in total. The molecule has 5 heteroatoms. The maximum Gasteiger partial charge on any atom is 0.305 e. The molecule has 0 aliphatic carbocycles. The van der Waals surface area contributed by atoms with Crippen LogP contribution in [0.15, 0.2) is 18.2 Å². The quantitative estimate of drug-likeness (QED) is 0.904. The van der Waals surface area contributed by atoms with E-state index in [0.717, 1.165) is 5.56 Å². The predicted molar refractivity (Wildman–Crippen MR) is 74.6 cm³/mol. The summed E-state index contributed by atoms with van der Waals surface area (Å²) in [5, 5.41) is 9.23. The molecule has 0 spiro atoms. The monoisotopic (exact) mass is 283 g/mol. The molecule has 1 aromatic rings. The Hall–Kier alpha value is -1.55. The summed E-state index contributed by atoms with van der Waals surface area (Å²) in [6, 6.07) is 5.07. The minimum Gasteiger partial charge on any atom is -0.481 e. The van der Waals surface area contributed by atoms with Crippen molar-refractivity contribution in [1.29, 1.82) is 0 Å². The van der Waals surface area contributed by atoms with Crippen LogP contribution in [0.1, 0.15) is 36.2 Å². The minimum absolute atomic E-state index is 0.0638. The molecule has 0 radical (unpaired) electrons. The molecule has 1 N–H and O–H groups in total. The number of hydrogen-bond donors (Lipinski definition) is 1. The first kappa shape index (κ1) is 15.5. The molecule has 0 aliphatic rings. The Labute approximate surface area is 118 Å². The number of carboxylic acid groups (broad SMARTS) is 1. The van der Waals surface area contributed by atoms with Crippen LogP contribution in [-0.2, 0) is 4.79 Å². The number of carboxylic acids is 1. The van der Waals surface area contributed by atoms with Gasteiger partial charge in [0.15, 0.2) is 0 Å². The smallest absolute Gasteiger partial charge is 0.305 e. The number of benzene rings is 1. The van der Waals surface area contributed by atoms with Gasteiger partial charge < -0.3 is 10.0 Å². The standard InChI is InChI=1S/C14H18ClNO3/c1-9(2)16(5-4-13(17)18)14(19)11-6-10(3)7-12(15)8-11/h6-9H,4-5H2,1-3H3,(H,17,18). The lowest BCUT2D eigenvalue weighted by Crippen LogP contribution is -2.38. The molecule has 0 fully saturated rings. The number of carbonyl (C=O) groups is 2. The van der Waals surface area contributed by atoms with Crippen LogP contribution in [0.5, 0.6) is 0 Å². The van der Waals surface area contributed by atoms with Gasteiger partial charge in [-0.3, -0.25) is 9.59 Å². The summed E-state index contributed by atoms with van der Waals surface area (Å²) in [4.78, 5) is 24.6. The van der Waals surface area contributed by atoms with Crippen molar-refractivity contribution in [3.63, 3.8) is 0 Å². The Morgan fingerprint density at radius 3 is 2.42 bits per heavy atom. The molecule has 0 bridgehead atoms. The molecule has 0 saturated carbocycles. The Bertz CT molecular complexity index is 465. The van der Waals surface area contributed by atoms with Crippen LogP contribution in [0.4, 0.5) is 0 Å². The highest BCUT2D eigenvalue weighted by Gasteiger charge is 2.20. The van der Waals surface area contributed by atoms with E-state index in [2.05, 4.69) is 0 Å². The maximum atomic E-state index is 12.4. The summed E-state index contributed by atoms with van der Waals surface area (Å²) in [5.74, 6) is -1.11. The second kappa shape index (κ2) is 6.57. The highest BCUT2D eigenvalue weighted by molar-refractivity contribution is 6.31. The lowest BCUT2D eigenvalue weighted by Gasteiger charge is -2.26. The molecule has 0 heterocycles. The van der Waals surface area contributed by atoms with Crippen molar-refractivity contribution in [1.82, 2.24) is 4.90 Å². The van der Waals surface area contributed by atoms with Crippen LogP contribution in [0.2, 0.25) is 5.02 Å². The van der Waals surface area contributed by atoms with Crippen molar-refractivity contribution in [2.24, 2.45) is 0 Å². The van der Waals surface area contributed by atoms with Gasteiger partial charge in [-0.25, -0.2) is 0 Å². The largest absolute Gasteiger partial charge is 0.481 e. The zero-order chi connectivity index (χ0) is 14.6. The summed E-state index contributed by atoms with van der Waals surface area (Å²) >= 11 is 5.94. The molecule has 0 atom stereocenters. The number of nitrogens with zero attached hydrogens (tertiary/aromatic N) is 1. The maximum absolute atomic E-state index is 12.4. The first-order chi connectivity index (χ1) is 8.81. The summed E-state index contributed by atoms with van der Waals surface area (Å²) in [7, 11) is 0. The third-order valence-corrected chi connectivity index (χ3v) is 2.96. The minimum atomic E-state index is -0.916.